The molecule has 0 saturated carbocycles. The fraction of sp³-hybridized carbons (Fsp3) is 0.435. The second-order valence-electron chi connectivity index (χ2n) is 7.07. The average molecular weight is 383 g/mol. The van der Waals surface area contributed by atoms with Gasteiger partial charge in [-0.05, 0) is 42.7 Å². The molecule has 0 aliphatic carbocycles. The number of carbonyl (C=O) groups is 1. The van der Waals surface area contributed by atoms with Crippen molar-refractivity contribution in [2.45, 2.75) is 38.8 Å². The number of carbonyl (C=O) groups excluding carboxylic acids is 1. The molecule has 3 rings (SSSR count). The van der Waals surface area contributed by atoms with Crippen molar-refractivity contribution in [2.24, 2.45) is 0 Å². The predicted octanol–water partition coefficient (Wildman–Crippen LogP) is 4.86. The number of unbranched alkanes of at least 4 members (excludes halogenated alkanes) is 2. The number of methoxy groups -OCH3 is 1. The molecule has 0 saturated heterocycles. The van der Waals surface area contributed by atoms with Gasteiger partial charge in [-0.1, -0.05) is 44.0 Å². The molecule has 1 N–H and O–H groups in total. The van der Waals surface area contributed by atoms with Crippen molar-refractivity contribution < 1.29 is 14.3 Å². The monoisotopic (exact) mass is 382 g/mol. The van der Waals surface area contributed by atoms with Gasteiger partial charge in [-0.15, -0.1) is 0 Å². The lowest BCUT2D eigenvalue weighted by Gasteiger charge is -2.38. The van der Waals surface area contributed by atoms with Crippen molar-refractivity contribution in [1.29, 1.82) is 0 Å². The van der Waals surface area contributed by atoms with Crippen LogP contribution in [0.1, 0.15) is 54.7 Å². The molecule has 2 aromatic carbocycles. The van der Waals surface area contributed by atoms with Gasteiger partial charge in [0.1, 0.15) is 11.9 Å². The molecular weight excluding hydrogens is 352 g/mol. The number of ether oxygens (including phenoxy) is 2. The van der Waals surface area contributed by atoms with Crippen LogP contribution in [0.15, 0.2) is 48.5 Å². The normalized spacial score (nSPS) is 15.9. The largest absolute Gasteiger partial charge is 0.494 e. The molecule has 1 heterocycles. The van der Waals surface area contributed by atoms with Crippen LogP contribution < -0.4 is 10.1 Å². The Morgan fingerprint density at radius 2 is 1.89 bits per heavy atom. The Morgan fingerprint density at radius 3 is 2.71 bits per heavy atom. The Labute approximate surface area is 167 Å². The van der Waals surface area contributed by atoms with E-state index in [4.69, 9.17) is 9.47 Å². The van der Waals surface area contributed by atoms with E-state index in [-0.39, 0.29) is 12.1 Å². The molecule has 150 valence electrons. The van der Waals surface area contributed by atoms with Crippen molar-refractivity contribution in [3.63, 3.8) is 0 Å². The maximum absolute atomic E-state index is 13.1. The summed E-state index contributed by atoms with van der Waals surface area (Å²) in [5, 5.41) is 3.53. The Hall–Kier alpha value is -2.53. The molecule has 0 aromatic heterocycles. The summed E-state index contributed by atoms with van der Waals surface area (Å²) >= 11 is 0. The van der Waals surface area contributed by atoms with Crippen LogP contribution in [0.2, 0.25) is 0 Å². The van der Waals surface area contributed by atoms with Gasteiger partial charge in [-0.3, -0.25) is 4.79 Å². The highest BCUT2D eigenvalue weighted by molar-refractivity contribution is 6.01. The minimum atomic E-state index is -0.224. The second-order valence-corrected chi connectivity index (χ2v) is 7.07. The first-order valence-electron chi connectivity index (χ1n) is 10.1. The van der Waals surface area contributed by atoms with Crippen molar-refractivity contribution in [2.75, 3.05) is 32.2 Å². The molecule has 1 unspecified atom stereocenters. The zero-order chi connectivity index (χ0) is 19.8. The molecular formula is C23H30N2O3. The van der Waals surface area contributed by atoms with Crippen LogP contribution in [0.25, 0.3) is 0 Å². The zero-order valence-electron chi connectivity index (χ0n) is 16.8. The summed E-state index contributed by atoms with van der Waals surface area (Å²) in [7, 11) is 1.68. The highest BCUT2D eigenvalue weighted by Gasteiger charge is 2.32. The van der Waals surface area contributed by atoms with Crippen molar-refractivity contribution in [1.82, 2.24) is 4.90 Å². The fourth-order valence-corrected chi connectivity index (χ4v) is 3.48. The molecule has 2 aromatic rings. The quantitative estimate of drug-likeness (QED) is 0.596. The van der Waals surface area contributed by atoms with Crippen LogP contribution >= 0.6 is 0 Å². The Bertz CT molecular complexity index is 778. The van der Waals surface area contributed by atoms with Crippen LogP contribution in [0, 0.1) is 0 Å². The summed E-state index contributed by atoms with van der Waals surface area (Å²) in [6.45, 7) is 4.15. The number of benzene rings is 2. The number of nitrogens with zero attached hydrogens (tertiary/aromatic N) is 1. The van der Waals surface area contributed by atoms with E-state index in [0.717, 1.165) is 29.8 Å². The number of para-hydroxylation sites is 1. The fourth-order valence-electron chi connectivity index (χ4n) is 3.48. The third-order valence-electron chi connectivity index (χ3n) is 4.96. The van der Waals surface area contributed by atoms with Crippen molar-refractivity contribution in [3.8, 4) is 5.75 Å². The minimum Gasteiger partial charge on any atom is -0.494 e. The molecule has 1 amide bonds. The van der Waals surface area contributed by atoms with Gasteiger partial charge in [0.05, 0.1) is 12.2 Å². The molecule has 28 heavy (non-hydrogen) atoms. The van der Waals surface area contributed by atoms with Gasteiger partial charge in [-0.25, -0.2) is 0 Å². The molecule has 0 bridgehead atoms. The molecule has 0 spiro atoms. The first-order chi connectivity index (χ1) is 13.7. The molecule has 0 fully saturated rings. The van der Waals surface area contributed by atoms with E-state index in [1.807, 2.05) is 53.4 Å². The topological polar surface area (TPSA) is 50.8 Å². The first-order valence-corrected chi connectivity index (χ1v) is 10.1. The van der Waals surface area contributed by atoms with E-state index in [1.54, 1.807) is 7.11 Å². The summed E-state index contributed by atoms with van der Waals surface area (Å²) in [6, 6.07) is 15.7. The highest BCUT2D eigenvalue weighted by Crippen LogP contribution is 2.34. The SMILES string of the molecule is CCCCCOc1cccc(C2Nc3ccccc3C(=O)N2CCCOC)c1. The van der Waals surface area contributed by atoms with Gasteiger partial charge >= 0.3 is 0 Å². The van der Waals surface area contributed by atoms with Gasteiger partial charge in [0, 0.05) is 25.9 Å². The maximum atomic E-state index is 13.1. The third-order valence-corrected chi connectivity index (χ3v) is 4.96. The van der Waals surface area contributed by atoms with Crippen LogP contribution in [0.3, 0.4) is 0 Å². The lowest BCUT2D eigenvalue weighted by Crippen LogP contribution is -2.43. The highest BCUT2D eigenvalue weighted by atomic mass is 16.5. The van der Waals surface area contributed by atoms with Crippen LogP contribution in [-0.2, 0) is 4.74 Å². The maximum Gasteiger partial charge on any atom is 0.257 e. The number of hydrogen-bond donors (Lipinski definition) is 1. The van der Waals surface area contributed by atoms with Crippen LogP contribution in [0.4, 0.5) is 5.69 Å². The van der Waals surface area contributed by atoms with Gasteiger partial charge in [-0.2, -0.15) is 0 Å². The Morgan fingerprint density at radius 1 is 1.04 bits per heavy atom. The molecule has 1 atom stereocenters. The number of hydrogen-bond acceptors (Lipinski definition) is 4. The van der Waals surface area contributed by atoms with E-state index in [2.05, 4.69) is 12.2 Å². The Kier molecular flexibility index (Phi) is 7.31. The number of fused-ring (bicyclic) bond motifs is 1. The second kappa shape index (κ2) is 10.1. The molecule has 1 aliphatic rings. The zero-order valence-corrected chi connectivity index (χ0v) is 16.8. The molecule has 0 radical (unpaired) electrons. The van der Waals surface area contributed by atoms with E-state index < -0.39 is 0 Å². The lowest BCUT2D eigenvalue weighted by molar-refractivity contribution is 0.0660. The number of rotatable bonds is 10. The lowest BCUT2D eigenvalue weighted by atomic mass is 10.0. The summed E-state index contributed by atoms with van der Waals surface area (Å²) in [5.74, 6) is 0.892. The van der Waals surface area contributed by atoms with Crippen LogP contribution in [0.5, 0.6) is 5.75 Å². The Balaban J connectivity index is 1.82. The molecule has 5 heteroatoms. The summed E-state index contributed by atoms with van der Waals surface area (Å²) in [4.78, 5) is 15.0. The van der Waals surface area contributed by atoms with Crippen molar-refractivity contribution >= 4 is 11.6 Å². The van der Waals surface area contributed by atoms with Gasteiger partial charge in [0.2, 0.25) is 0 Å². The number of amides is 1. The predicted molar refractivity (Wildman–Crippen MR) is 112 cm³/mol. The van der Waals surface area contributed by atoms with Gasteiger partial charge < -0.3 is 19.7 Å². The third kappa shape index (κ3) is 4.84. The minimum absolute atomic E-state index is 0.0460. The molecule has 5 nitrogen and oxygen atoms in total. The van der Waals surface area contributed by atoms with Crippen molar-refractivity contribution in [3.05, 3.63) is 59.7 Å². The average Bonchev–Trinajstić information content (AvgIpc) is 2.73. The summed E-state index contributed by atoms with van der Waals surface area (Å²) in [5.41, 5.74) is 2.60. The number of anilines is 1. The van der Waals surface area contributed by atoms with Gasteiger partial charge in [0.25, 0.3) is 5.91 Å². The van der Waals surface area contributed by atoms with Crippen LogP contribution in [-0.4, -0.2) is 37.7 Å². The molecule has 1 aliphatic heterocycles. The first kappa shape index (κ1) is 20.2. The van der Waals surface area contributed by atoms with E-state index in [1.165, 1.54) is 12.8 Å². The van der Waals surface area contributed by atoms with E-state index in [9.17, 15) is 4.79 Å². The van der Waals surface area contributed by atoms with Gasteiger partial charge in [0.15, 0.2) is 0 Å². The standard InChI is InChI=1S/C23H30N2O3/c1-3-4-7-16-28-19-11-8-10-18(17-19)22-24-21-13-6-5-12-20(21)23(26)25(22)14-9-15-27-2/h5-6,8,10-13,17,22,24H,3-4,7,9,14-16H2,1-2H3. The summed E-state index contributed by atoms with van der Waals surface area (Å²) in [6.07, 6.45) is 3.96. The summed E-state index contributed by atoms with van der Waals surface area (Å²) < 4.78 is 11.1. The van der Waals surface area contributed by atoms with E-state index >= 15 is 0 Å². The van der Waals surface area contributed by atoms with E-state index in [0.29, 0.717) is 25.3 Å². The smallest absolute Gasteiger partial charge is 0.257 e. The number of nitrogens with one attached hydrogen (secondary N) is 1.